The van der Waals surface area contributed by atoms with Gasteiger partial charge in [0.05, 0.1) is 5.56 Å². The summed E-state index contributed by atoms with van der Waals surface area (Å²) in [7, 11) is 0. The Bertz CT molecular complexity index is 532. The molecule has 0 bridgehead atoms. The highest BCUT2D eigenvalue weighted by Gasteiger charge is 2.38. The van der Waals surface area contributed by atoms with Gasteiger partial charge in [-0.2, -0.15) is 13.2 Å². The first-order valence-corrected chi connectivity index (χ1v) is 6.23. The predicted octanol–water partition coefficient (Wildman–Crippen LogP) is 1.52. The zero-order chi connectivity index (χ0) is 15.6. The van der Waals surface area contributed by atoms with Crippen molar-refractivity contribution in [3.63, 3.8) is 0 Å². The number of hydrogen-bond acceptors (Lipinski definition) is 5. The van der Waals surface area contributed by atoms with Crippen molar-refractivity contribution in [1.29, 1.82) is 0 Å². The highest BCUT2D eigenvalue weighted by molar-refractivity contribution is 6.04. The van der Waals surface area contributed by atoms with E-state index in [1.54, 1.807) is 6.92 Å². The van der Waals surface area contributed by atoms with Gasteiger partial charge in [0.25, 0.3) is 6.29 Å². The SMILES string of the molecule is CCO[C@H]1ON=C(c2cccc(C(F)(F)F)c2)[C@H](O)[C@@H]1O. The number of ether oxygens (including phenoxy) is 1. The number of hydrogen-bond donors (Lipinski definition) is 2. The fourth-order valence-corrected chi connectivity index (χ4v) is 1.91. The van der Waals surface area contributed by atoms with E-state index in [-0.39, 0.29) is 17.9 Å². The van der Waals surface area contributed by atoms with Gasteiger partial charge in [-0.3, -0.25) is 0 Å². The number of nitrogens with zero attached hydrogens (tertiary/aromatic N) is 1. The van der Waals surface area contributed by atoms with Gasteiger partial charge >= 0.3 is 6.18 Å². The van der Waals surface area contributed by atoms with E-state index in [1.165, 1.54) is 12.1 Å². The van der Waals surface area contributed by atoms with Crippen LogP contribution in [0.4, 0.5) is 13.2 Å². The van der Waals surface area contributed by atoms with Gasteiger partial charge in [-0.15, -0.1) is 0 Å². The van der Waals surface area contributed by atoms with Gasteiger partial charge < -0.3 is 19.8 Å². The molecule has 1 aromatic carbocycles. The van der Waals surface area contributed by atoms with Gasteiger partial charge in [-0.1, -0.05) is 17.3 Å². The molecule has 0 aliphatic carbocycles. The maximum absolute atomic E-state index is 12.7. The quantitative estimate of drug-likeness (QED) is 0.888. The standard InChI is InChI=1S/C13H14F3NO4/c1-2-20-12-11(19)10(18)9(17-21-12)7-4-3-5-8(6-7)13(14,15)16/h3-6,10-12,18-19H,2H2,1H3/t10-,11-,12-/m0/s1. The lowest BCUT2D eigenvalue weighted by molar-refractivity contribution is -0.215. The molecule has 1 heterocycles. The number of rotatable bonds is 3. The van der Waals surface area contributed by atoms with Gasteiger partial charge in [0, 0.05) is 12.2 Å². The fraction of sp³-hybridized carbons (Fsp3) is 0.462. The minimum Gasteiger partial charge on any atom is -0.384 e. The third-order valence-electron chi connectivity index (χ3n) is 2.95. The molecule has 1 aromatic rings. The predicted molar refractivity (Wildman–Crippen MR) is 66.5 cm³/mol. The van der Waals surface area contributed by atoms with E-state index in [1.807, 2.05) is 0 Å². The van der Waals surface area contributed by atoms with Crippen LogP contribution in [0.15, 0.2) is 29.4 Å². The molecular weight excluding hydrogens is 291 g/mol. The van der Waals surface area contributed by atoms with Crippen LogP contribution >= 0.6 is 0 Å². The topological polar surface area (TPSA) is 71.3 Å². The molecule has 2 N–H and O–H groups in total. The molecule has 0 saturated carbocycles. The van der Waals surface area contributed by atoms with Gasteiger partial charge in [0.15, 0.2) is 6.10 Å². The smallest absolute Gasteiger partial charge is 0.384 e. The fourth-order valence-electron chi connectivity index (χ4n) is 1.91. The molecule has 0 fully saturated rings. The zero-order valence-corrected chi connectivity index (χ0v) is 11.0. The molecule has 0 spiro atoms. The third-order valence-corrected chi connectivity index (χ3v) is 2.95. The van der Waals surface area contributed by atoms with E-state index in [0.717, 1.165) is 12.1 Å². The van der Waals surface area contributed by atoms with Crippen LogP contribution in [0.5, 0.6) is 0 Å². The molecule has 21 heavy (non-hydrogen) atoms. The van der Waals surface area contributed by atoms with E-state index in [2.05, 4.69) is 5.16 Å². The van der Waals surface area contributed by atoms with Crippen molar-refractivity contribution in [1.82, 2.24) is 0 Å². The Morgan fingerprint density at radius 2 is 2.05 bits per heavy atom. The van der Waals surface area contributed by atoms with E-state index in [9.17, 15) is 23.4 Å². The lowest BCUT2D eigenvalue weighted by Gasteiger charge is -2.30. The minimum absolute atomic E-state index is 0.0197. The van der Waals surface area contributed by atoms with Crippen LogP contribution in [0, 0.1) is 0 Å². The van der Waals surface area contributed by atoms with Crippen LogP contribution in [-0.4, -0.2) is 41.0 Å². The molecule has 2 rings (SSSR count). The molecule has 116 valence electrons. The largest absolute Gasteiger partial charge is 0.416 e. The Kier molecular flexibility index (Phi) is 4.50. The number of halogens is 3. The van der Waals surface area contributed by atoms with Crippen LogP contribution in [0.2, 0.25) is 0 Å². The van der Waals surface area contributed by atoms with E-state index >= 15 is 0 Å². The van der Waals surface area contributed by atoms with Crippen molar-refractivity contribution >= 4 is 5.71 Å². The Labute approximate surface area is 118 Å². The lowest BCUT2D eigenvalue weighted by Crippen LogP contribution is -2.48. The molecule has 0 saturated heterocycles. The maximum Gasteiger partial charge on any atom is 0.416 e. The van der Waals surface area contributed by atoms with Crippen molar-refractivity contribution in [2.75, 3.05) is 6.61 Å². The third kappa shape index (κ3) is 3.34. The average molecular weight is 305 g/mol. The number of benzene rings is 1. The van der Waals surface area contributed by atoms with E-state index in [0.29, 0.717) is 0 Å². The summed E-state index contributed by atoms with van der Waals surface area (Å²) in [5.74, 6) is 0. The minimum atomic E-state index is -4.51. The van der Waals surface area contributed by atoms with Crippen LogP contribution in [-0.2, 0) is 15.8 Å². The molecule has 5 nitrogen and oxygen atoms in total. The van der Waals surface area contributed by atoms with Gasteiger partial charge in [0.1, 0.15) is 11.8 Å². The Morgan fingerprint density at radius 3 is 2.67 bits per heavy atom. The van der Waals surface area contributed by atoms with Crippen LogP contribution in [0.25, 0.3) is 0 Å². The van der Waals surface area contributed by atoms with Crippen LogP contribution in [0.1, 0.15) is 18.1 Å². The average Bonchev–Trinajstić information content (AvgIpc) is 2.43. The maximum atomic E-state index is 12.7. The molecule has 0 aromatic heterocycles. The summed E-state index contributed by atoms with van der Waals surface area (Å²) in [6.45, 7) is 1.89. The summed E-state index contributed by atoms with van der Waals surface area (Å²) in [5, 5.41) is 23.4. The molecule has 8 heteroatoms. The van der Waals surface area contributed by atoms with Gasteiger partial charge in [-0.25, -0.2) is 0 Å². The molecule has 1 aliphatic heterocycles. The van der Waals surface area contributed by atoms with Crippen molar-refractivity contribution in [2.24, 2.45) is 5.16 Å². The van der Waals surface area contributed by atoms with Crippen molar-refractivity contribution in [3.8, 4) is 0 Å². The van der Waals surface area contributed by atoms with Gasteiger partial charge in [-0.05, 0) is 19.1 Å². The number of aliphatic hydroxyl groups is 2. The number of oxime groups is 1. The first kappa shape index (κ1) is 15.7. The summed E-state index contributed by atoms with van der Waals surface area (Å²) in [5.41, 5.74) is -1.04. The molecule has 0 radical (unpaired) electrons. The normalized spacial score (nSPS) is 26.2. The van der Waals surface area contributed by atoms with Crippen molar-refractivity contribution < 1.29 is 33.0 Å². The second-order valence-electron chi connectivity index (χ2n) is 4.42. The monoisotopic (exact) mass is 305 g/mol. The van der Waals surface area contributed by atoms with E-state index in [4.69, 9.17) is 9.57 Å². The summed E-state index contributed by atoms with van der Waals surface area (Å²) in [6.07, 6.45) is -8.60. The number of aliphatic hydroxyl groups excluding tert-OH is 2. The highest BCUT2D eigenvalue weighted by atomic mass is 19.4. The summed E-state index contributed by atoms with van der Waals surface area (Å²) in [6, 6.07) is 4.27. The summed E-state index contributed by atoms with van der Waals surface area (Å²) >= 11 is 0. The molecule has 0 amide bonds. The highest BCUT2D eigenvalue weighted by Crippen LogP contribution is 2.30. The Morgan fingerprint density at radius 1 is 1.33 bits per heavy atom. The first-order chi connectivity index (χ1) is 9.84. The molecule has 1 aliphatic rings. The van der Waals surface area contributed by atoms with E-state index < -0.39 is 30.2 Å². The van der Waals surface area contributed by atoms with Crippen LogP contribution in [0.3, 0.4) is 0 Å². The number of alkyl halides is 3. The van der Waals surface area contributed by atoms with Gasteiger partial charge in [0.2, 0.25) is 0 Å². The summed E-state index contributed by atoms with van der Waals surface area (Å²) in [4.78, 5) is 4.87. The second-order valence-corrected chi connectivity index (χ2v) is 4.42. The molecule has 3 atom stereocenters. The van der Waals surface area contributed by atoms with Crippen molar-refractivity contribution in [2.45, 2.75) is 31.6 Å². The molecule has 0 unspecified atom stereocenters. The van der Waals surface area contributed by atoms with Crippen LogP contribution < -0.4 is 0 Å². The molecular formula is C13H14F3NO4. The Balaban J connectivity index is 2.30. The zero-order valence-electron chi connectivity index (χ0n) is 11.0. The lowest BCUT2D eigenvalue weighted by atomic mass is 9.98. The summed E-state index contributed by atoms with van der Waals surface area (Å²) < 4.78 is 43.0. The van der Waals surface area contributed by atoms with Crippen molar-refractivity contribution in [3.05, 3.63) is 35.4 Å². The second kappa shape index (κ2) is 6.00. The first-order valence-electron chi connectivity index (χ1n) is 6.23. The Hall–Kier alpha value is -1.64.